The molecule has 0 saturated heterocycles. The average Bonchev–Trinajstić information content (AvgIpc) is 2.68. The summed E-state index contributed by atoms with van der Waals surface area (Å²) in [7, 11) is 1.59. The largest absolute Gasteiger partial charge is 0.398 e. The quantitative estimate of drug-likeness (QED) is 0.725. The molecule has 4 N–H and O–H groups in total. The number of carbonyl (C=O) groups is 1. The summed E-state index contributed by atoms with van der Waals surface area (Å²) in [6.45, 7) is 1.76. The van der Waals surface area contributed by atoms with Gasteiger partial charge in [-0.2, -0.15) is 0 Å². The van der Waals surface area contributed by atoms with Crippen molar-refractivity contribution in [1.29, 1.82) is 5.41 Å². The molecule has 1 aromatic heterocycles. The van der Waals surface area contributed by atoms with Crippen molar-refractivity contribution in [3.63, 3.8) is 0 Å². The van der Waals surface area contributed by atoms with Gasteiger partial charge in [-0.25, -0.2) is 0 Å². The molecule has 1 saturated carbocycles. The molecule has 1 fully saturated rings. The topological polar surface area (TPSA) is 101 Å². The number of rotatable bonds is 4. The maximum Gasteiger partial charge on any atom is 0.270 e. The lowest BCUT2D eigenvalue weighted by Crippen LogP contribution is -2.43. The molecule has 3 rings (SSSR count). The number of pyridine rings is 1. The molecule has 1 aliphatic rings. The highest BCUT2D eigenvalue weighted by Gasteiger charge is 2.26. The normalized spacial score (nSPS) is 19.5. The van der Waals surface area contributed by atoms with Crippen LogP contribution in [0, 0.1) is 12.3 Å². The summed E-state index contributed by atoms with van der Waals surface area (Å²) in [6.07, 6.45) is 5.32. The zero-order valence-electron chi connectivity index (χ0n) is 15.8. The van der Waals surface area contributed by atoms with Gasteiger partial charge in [0.1, 0.15) is 5.71 Å². The fourth-order valence-corrected chi connectivity index (χ4v) is 3.82. The van der Waals surface area contributed by atoms with E-state index in [9.17, 15) is 9.59 Å². The van der Waals surface area contributed by atoms with Crippen molar-refractivity contribution < 1.29 is 4.79 Å². The Labute approximate surface area is 158 Å². The van der Waals surface area contributed by atoms with Crippen LogP contribution in [0.1, 0.15) is 48.3 Å². The molecule has 1 heterocycles. The Hall–Kier alpha value is -2.89. The maximum absolute atomic E-state index is 12.6. The molecule has 27 heavy (non-hydrogen) atoms. The summed E-state index contributed by atoms with van der Waals surface area (Å²) in [5, 5.41) is 11.1. The van der Waals surface area contributed by atoms with Crippen LogP contribution >= 0.6 is 0 Å². The van der Waals surface area contributed by atoms with Crippen molar-refractivity contribution in [2.45, 2.75) is 44.6 Å². The second kappa shape index (κ2) is 7.78. The molecule has 1 aliphatic carbocycles. The number of benzene rings is 1. The monoisotopic (exact) mass is 366 g/mol. The summed E-state index contributed by atoms with van der Waals surface area (Å²) >= 11 is 0. The number of nitrogens with zero attached hydrogens (tertiary/aromatic N) is 1. The predicted octanol–water partition coefficient (Wildman–Crippen LogP) is 2.49. The van der Waals surface area contributed by atoms with Gasteiger partial charge in [0.25, 0.3) is 11.5 Å². The molecule has 142 valence electrons. The van der Waals surface area contributed by atoms with Crippen LogP contribution in [0.4, 0.5) is 5.69 Å². The molecular weight excluding hydrogens is 340 g/mol. The zero-order chi connectivity index (χ0) is 19.6. The number of carbonyl (C=O) groups excluding carboxylic acids is 1. The first kappa shape index (κ1) is 18.9. The van der Waals surface area contributed by atoms with E-state index in [0.29, 0.717) is 11.5 Å². The summed E-state index contributed by atoms with van der Waals surface area (Å²) < 4.78 is 1.36. The van der Waals surface area contributed by atoms with Gasteiger partial charge >= 0.3 is 0 Å². The number of anilines is 1. The molecule has 0 radical (unpaired) electrons. The third-order valence-electron chi connectivity index (χ3n) is 5.43. The van der Waals surface area contributed by atoms with E-state index in [0.717, 1.165) is 25.7 Å². The molecule has 6 heteroatoms. The number of nitrogens with one attached hydrogen (secondary N) is 2. The van der Waals surface area contributed by atoms with Crippen molar-refractivity contribution in [1.82, 2.24) is 9.88 Å². The van der Waals surface area contributed by atoms with E-state index >= 15 is 0 Å². The Morgan fingerprint density at radius 2 is 1.81 bits per heavy atom. The van der Waals surface area contributed by atoms with Gasteiger partial charge in [-0.1, -0.05) is 30.3 Å². The Bertz CT molecular complexity index is 910. The van der Waals surface area contributed by atoms with Crippen LogP contribution in [0.25, 0.3) is 0 Å². The van der Waals surface area contributed by atoms with E-state index in [1.165, 1.54) is 10.1 Å². The van der Waals surface area contributed by atoms with E-state index in [2.05, 4.69) is 29.6 Å². The van der Waals surface area contributed by atoms with Gasteiger partial charge in [-0.05, 0) is 49.7 Å². The molecule has 6 nitrogen and oxygen atoms in total. The summed E-state index contributed by atoms with van der Waals surface area (Å²) in [4.78, 5) is 24.9. The first-order valence-electron chi connectivity index (χ1n) is 9.29. The lowest BCUT2D eigenvalue weighted by Gasteiger charge is -2.29. The van der Waals surface area contributed by atoms with Gasteiger partial charge in [-0.15, -0.1) is 0 Å². The number of nitrogen functional groups attached to an aromatic ring is 1. The Morgan fingerprint density at radius 3 is 2.44 bits per heavy atom. The zero-order valence-corrected chi connectivity index (χ0v) is 15.8. The second-order valence-corrected chi connectivity index (χ2v) is 7.32. The third-order valence-corrected chi connectivity index (χ3v) is 5.43. The standard InChI is InChI=1S/C21H26N4O2/c1-13-12-25(2)21(27)17(18(13)22)19(23)20(26)24-16-10-8-15(9-11-16)14-6-4-3-5-7-14/h3-7,12,15-16,23H,8-11,22H2,1-2H3,(H,24,26). The smallest absolute Gasteiger partial charge is 0.270 e. The summed E-state index contributed by atoms with van der Waals surface area (Å²) in [6, 6.07) is 10.4. The van der Waals surface area contributed by atoms with Crippen LogP contribution in [0.15, 0.2) is 41.3 Å². The third kappa shape index (κ3) is 3.94. The molecule has 0 atom stereocenters. The molecule has 0 aliphatic heterocycles. The van der Waals surface area contributed by atoms with Gasteiger partial charge < -0.3 is 15.6 Å². The second-order valence-electron chi connectivity index (χ2n) is 7.32. The van der Waals surface area contributed by atoms with Crippen molar-refractivity contribution >= 4 is 17.3 Å². The minimum atomic E-state index is -0.535. The summed E-state index contributed by atoms with van der Waals surface area (Å²) in [5.41, 5.74) is 7.38. The molecule has 2 aromatic rings. The fourth-order valence-electron chi connectivity index (χ4n) is 3.82. The lowest BCUT2D eigenvalue weighted by molar-refractivity contribution is -0.115. The number of hydrogen-bond acceptors (Lipinski definition) is 4. The summed E-state index contributed by atoms with van der Waals surface area (Å²) in [5.74, 6) is -0.0222. The van der Waals surface area contributed by atoms with E-state index < -0.39 is 11.5 Å². The maximum atomic E-state index is 12.6. The van der Waals surface area contributed by atoms with E-state index in [1.807, 2.05) is 6.07 Å². The van der Waals surface area contributed by atoms with Crippen LogP contribution in [-0.2, 0) is 11.8 Å². The number of aryl methyl sites for hydroxylation is 2. The van der Waals surface area contributed by atoms with Crippen molar-refractivity contribution in [2.24, 2.45) is 7.05 Å². The minimum Gasteiger partial charge on any atom is -0.398 e. The first-order valence-corrected chi connectivity index (χ1v) is 9.29. The van der Waals surface area contributed by atoms with Gasteiger partial charge in [0.15, 0.2) is 0 Å². The van der Waals surface area contributed by atoms with Crippen molar-refractivity contribution in [2.75, 3.05) is 5.73 Å². The van der Waals surface area contributed by atoms with Gasteiger partial charge in [0.2, 0.25) is 0 Å². The average molecular weight is 366 g/mol. The molecule has 1 aromatic carbocycles. The molecule has 0 bridgehead atoms. The Kier molecular flexibility index (Phi) is 5.44. The molecular formula is C21H26N4O2. The van der Waals surface area contributed by atoms with Crippen LogP contribution in [0.5, 0.6) is 0 Å². The van der Waals surface area contributed by atoms with Crippen LogP contribution < -0.4 is 16.6 Å². The lowest BCUT2D eigenvalue weighted by atomic mass is 9.81. The van der Waals surface area contributed by atoms with Gasteiger partial charge in [0.05, 0.1) is 11.3 Å². The van der Waals surface area contributed by atoms with E-state index in [1.54, 1.807) is 20.2 Å². The number of amides is 1. The van der Waals surface area contributed by atoms with Gasteiger partial charge in [-0.3, -0.25) is 15.0 Å². The molecule has 0 spiro atoms. The highest BCUT2D eigenvalue weighted by Crippen LogP contribution is 2.32. The van der Waals surface area contributed by atoms with Crippen LogP contribution in [-0.4, -0.2) is 22.2 Å². The van der Waals surface area contributed by atoms with E-state index in [-0.39, 0.29) is 23.0 Å². The van der Waals surface area contributed by atoms with Crippen LogP contribution in [0.2, 0.25) is 0 Å². The molecule has 0 unspecified atom stereocenters. The highest BCUT2D eigenvalue weighted by atomic mass is 16.2. The SMILES string of the molecule is Cc1cn(C)c(=O)c(C(=N)C(=O)NC2CCC(c3ccccc3)CC2)c1N. The Balaban J connectivity index is 1.65. The Morgan fingerprint density at radius 1 is 1.19 bits per heavy atom. The highest BCUT2D eigenvalue weighted by molar-refractivity contribution is 6.45. The predicted molar refractivity (Wildman–Crippen MR) is 107 cm³/mol. The first-order chi connectivity index (χ1) is 12.9. The van der Waals surface area contributed by atoms with Crippen molar-refractivity contribution in [3.05, 3.63) is 63.6 Å². The van der Waals surface area contributed by atoms with Crippen LogP contribution in [0.3, 0.4) is 0 Å². The van der Waals surface area contributed by atoms with Gasteiger partial charge in [0, 0.05) is 19.3 Å². The number of aromatic nitrogens is 1. The number of nitrogens with two attached hydrogens (primary N) is 1. The fraction of sp³-hybridized carbons (Fsp3) is 0.381. The number of hydrogen-bond donors (Lipinski definition) is 3. The molecule has 1 amide bonds. The van der Waals surface area contributed by atoms with Crippen molar-refractivity contribution in [3.8, 4) is 0 Å². The van der Waals surface area contributed by atoms with E-state index in [4.69, 9.17) is 11.1 Å². The minimum absolute atomic E-state index is 0.0204.